The number of H-pyrrole nitrogens is 1. The number of ether oxygens (including phenoxy) is 3. The molecule has 1 aliphatic heterocycles. The minimum atomic E-state index is -0.354. The Morgan fingerprint density at radius 3 is 2.47 bits per heavy atom. The topological polar surface area (TPSA) is 80.9 Å². The highest BCUT2D eigenvalue weighted by molar-refractivity contribution is 5.88. The second kappa shape index (κ2) is 11.4. The van der Waals surface area contributed by atoms with Crippen LogP contribution >= 0.6 is 0 Å². The molecule has 7 heteroatoms. The van der Waals surface area contributed by atoms with Crippen LogP contribution in [0.5, 0.6) is 11.5 Å². The lowest BCUT2D eigenvalue weighted by atomic mass is 9.92. The van der Waals surface area contributed by atoms with Crippen molar-refractivity contribution in [1.29, 1.82) is 0 Å². The van der Waals surface area contributed by atoms with E-state index in [1.807, 2.05) is 77.7 Å². The van der Waals surface area contributed by atoms with Crippen molar-refractivity contribution < 1.29 is 23.8 Å². The van der Waals surface area contributed by atoms with E-state index < -0.39 is 0 Å². The summed E-state index contributed by atoms with van der Waals surface area (Å²) in [5.41, 5.74) is 5.25. The number of methoxy groups -OCH3 is 1. The van der Waals surface area contributed by atoms with Crippen molar-refractivity contribution in [3.63, 3.8) is 0 Å². The van der Waals surface area contributed by atoms with Gasteiger partial charge in [0.2, 0.25) is 5.91 Å². The molecule has 4 aromatic rings. The minimum absolute atomic E-state index is 0.0684. The molecular formula is C31H32N2O5. The molecule has 0 radical (unpaired) electrons. The van der Waals surface area contributed by atoms with Crippen LogP contribution < -0.4 is 9.47 Å². The van der Waals surface area contributed by atoms with Gasteiger partial charge < -0.3 is 24.1 Å². The Hall–Kier alpha value is -4.26. The molecule has 3 aromatic carbocycles. The van der Waals surface area contributed by atoms with Gasteiger partial charge in [0, 0.05) is 29.6 Å². The van der Waals surface area contributed by atoms with E-state index in [2.05, 4.69) is 4.98 Å². The average molecular weight is 513 g/mol. The normalized spacial score (nSPS) is 14.7. The zero-order chi connectivity index (χ0) is 26.5. The molecule has 5 rings (SSSR count). The van der Waals surface area contributed by atoms with E-state index >= 15 is 0 Å². The Morgan fingerprint density at radius 1 is 0.974 bits per heavy atom. The van der Waals surface area contributed by atoms with Gasteiger partial charge >= 0.3 is 5.97 Å². The molecule has 1 N–H and O–H groups in total. The van der Waals surface area contributed by atoms with Crippen molar-refractivity contribution in [1.82, 2.24) is 9.88 Å². The van der Waals surface area contributed by atoms with E-state index in [0.29, 0.717) is 26.2 Å². The maximum absolute atomic E-state index is 13.4. The standard InChI is InChI=1S/C31H32N2O5/c1-3-37-29(35)16-15-28(34)33-18-17-25-26-19-24(36-2)13-14-27(26)32-30(25)31(33)22-9-11-23(12-10-22)38-20-21-7-5-4-6-8-21/h4-14,19,31-32H,3,15-18,20H2,1-2H3. The Kier molecular flexibility index (Phi) is 7.63. The second-order valence-corrected chi connectivity index (χ2v) is 9.32. The predicted octanol–water partition coefficient (Wildman–Crippen LogP) is 5.57. The summed E-state index contributed by atoms with van der Waals surface area (Å²) in [7, 11) is 1.66. The number of carbonyl (C=O) groups is 2. The summed E-state index contributed by atoms with van der Waals surface area (Å²) in [6.45, 7) is 3.10. The molecule has 38 heavy (non-hydrogen) atoms. The Labute approximate surface area is 222 Å². The van der Waals surface area contributed by atoms with E-state index in [9.17, 15) is 9.59 Å². The smallest absolute Gasteiger partial charge is 0.306 e. The van der Waals surface area contributed by atoms with E-state index in [1.54, 1.807) is 14.0 Å². The number of fused-ring (bicyclic) bond motifs is 3. The van der Waals surface area contributed by atoms with Gasteiger partial charge in [0.1, 0.15) is 18.1 Å². The van der Waals surface area contributed by atoms with Gasteiger partial charge in [0.05, 0.1) is 26.2 Å². The molecular weight excluding hydrogens is 480 g/mol. The fourth-order valence-electron chi connectivity index (χ4n) is 5.08. The number of aromatic amines is 1. The number of benzene rings is 3. The summed E-state index contributed by atoms with van der Waals surface area (Å²) in [6.07, 6.45) is 0.887. The number of nitrogens with zero attached hydrogens (tertiary/aromatic N) is 1. The lowest BCUT2D eigenvalue weighted by Gasteiger charge is -2.36. The third kappa shape index (κ3) is 5.37. The van der Waals surface area contributed by atoms with Crippen LogP contribution in [0.1, 0.15) is 48.2 Å². The van der Waals surface area contributed by atoms with Crippen LogP contribution in [-0.4, -0.2) is 42.0 Å². The van der Waals surface area contributed by atoms with Crippen LogP contribution in [0, 0.1) is 0 Å². The minimum Gasteiger partial charge on any atom is -0.497 e. The summed E-state index contributed by atoms with van der Waals surface area (Å²) in [6, 6.07) is 23.6. The largest absolute Gasteiger partial charge is 0.497 e. The molecule has 1 unspecified atom stereocenters. The maximum Gasteiger partial charge on any atom is 0.306 e. The predicted molar refractivity (Wildman–Crippen MR) is 145 cm³/mol. The van der Waals surface area contributed by atoms with Gasteiger partial charge in [-0.2, -0.15) is 0 Å². The lowest BCUT2D eigenvalue weighted by molar-refractivity contribution is -0.146. The fraction of sp³-hybridized carbons (Fsp3) is 0.290. The number of esters is 1. The Bertz CT molecular complexity index is 1410. The molecule has 0 saturated carbocycles. The van der Waals surface area contributed by atoms with Crippen LogP contribution in [0.2, 0.25) is 0 Å². The summed E-state index contributed by atoms with van der Waals surface area (Å²) in [4.78, 5) is 30.8. The van der Waals surface area contributed by atoms with Gasteiger partial charge in [-0.05, 0) is 60.4 Å². The van der Waals surface area contributed by atoms with Crippen LogP contribution in [-0.2, 0) is 27.4 Å². The summed E-state index contributed by atoms with van der Waals surface area (Å²) >= 11 is 0. The lowest BCUT2D eigenvalue weighted by Crippen LogP contribution is -2.40. The van der Waals surface area contributed by atoms with Gasteiger partial charge in [-0.3, -0.25) is 9.59 Å². The van der Waals surface area contributed by atoms with Crippen molar-refractivity contribution in [2.45, 2.75) is 38.8 Å². The number of hydrogen-bond acceptors (Lipinski definition) is 5. The molecule has 0 saturated heterocycles. The van der Waals surface area contributed by atoms with Crippen molar-refractivity contribution in [3.05, 3.63) is 95.2 Å². The number of nitrogens with one attached hydrogen (secondary N) is 1. The van der Waals surface area contributed by atoms with Crippen LogP contribution in [0.4, 0.5) is 0 Å². The van der Waals surface area contributed by atoms with Crippen LogP contribution in [0.25, 0.3) is 10.9 Å². The molecule has 1 aromatic heterocycles. The molecule has 1 atom stereocenters. The van der Waals surface area contributed by atoms with Crippen molar-refractivity contribution in [3.8, 4) is 11.5 Å². The van der Waals surface area contributed by atoms with Gasteiger partial charge in [0.25, 0.3) is 0 Å². The molecule has 0 fully saturated rings. The summed E-state index contributed by atoms with van der Waals surface area (Å²) in [5.74, 6) is 1.13. The molecule has 2 heterocycles. The highest BCUT2D eigenvalue weighted by Gasteiger charge is 2.34. The molecule has 7 nitrogen and oxygen atoms in total. The van der Waals surface area contributed by atoms with Gasteiger partial charge in [-0.1, -0.05) is 42.5 Å². The van der Waals surface area contributed by atoms with Crippen LogP contribution in [0.3, 0.4) is 0 Å². The van der Waals surface area contributed by atoms with Gasteiger partial charge in [-0.25, -0.2) is 0 Å². The first-order valence-electron chi connectivity index (χ1n) is 13.0. The van der Waals surface area contributed by atoms with E-state index in [1.165, 1.54) is 5.56 Å². The third-order valence-electron chi connectivity index (χ3n) is 6.95. The van der Waals surface area contributed by atoms with E-state index in [-0.39, 0.29) is 30.8 Å². The number of hydrogen-bond donors (Lipinski definition) is 1. The first kappa shape index (κ1) is 25.4. The highest BCUT2D eigenvalue weighted by atomic mass is 16.5. The summed E-state index contributed by atoms with van der Waals surface area (Å²) < 4.78 is 16.5. The first-order valence-corrected chi connectivity index (χ1v) is 13.0. The highest BCUT2D eigenvalue weighted by Crippen LogP contribution is 2.40. The fourth-order valence-corrected chi connectivity index (χ4v) is 5.08. The van der Waals surface area contributed by atoms with E-state index in [4.69, 9.17) is 14.2 Å². The summed E-state index contributed by atoms with van der Waals surface area (Å²) in [5, 5.41) is 1.10. The van der Waals surface area contributed by atoms with Crippen molar-refractivity contribution >= 4 is 22.8 Å². The van der Waals surface area contributed by atoms with Crippen LogP contribution in [0.15, 0.2) is 72.8 Å². The second-order valence-electron chi connectivity index (χ2n) is 9.32. The number of rotatable bonds is 9. The maximum atomic E-state index is 13.4. The monoisotopic (exact) mass is 512 g/mol. The molecule has 0 bridgehead atoms. The third-order valence-corrected chi connectivity index (χ3v) is 6.95. The molecule has 1 aliphatic rings. The first-order chi connectivity index (χ1) is 18.6. The zero-order valence-corrected chi connectivity index (χ0v) is 21.7. The molecule has 1 amide bonds. The molecule has 196 valence electrons. The Balaban J connectivity index is 1.44. The number of amides is 1. The number of carbonyl (C=O) groups excluding carboxylic acids is 2. The quantitative estimate of drug-likeness (QED) is 0.297. The van der Waals surface area contributed by atoms with Crippen molar-refractivity contribution in [2.75, 3.05) is 20.3 Å². The van der Waals surface area contributed by atoms with Crippen molar-refractivity contribution in [2.24, 2.45) is 0 Å². The van der Waals surface area contributed by atoms with E-state index in [0.717, 1.165) is 39.2 Å². The SMILES string of the molecule is CCOC(=O)CCC(=O)N1CCc2c([nH]c3ccc(OC)cc23)C1c1ccc(OCc2ccccc2)cc1. The van der Waals surface area contributed by atoms with Gasteiger partial charge in [-0.15, -0.1) is 0 Å². The molecule has 0 spiro atoms. The number of aromatic nitrogens is 1. The van der Waals surface area contributed by atoms with Gasteiger partial charge in [0.15, 0.2) is 0 Å². The molecule has 0 aliphatic carbocycles. The zero-order valence-electron chi connectivity index (χ0n) is 21.7. The Morgan fingerprint density at radius 2 is 1.74 bits per heavy atom. The average Bonchev–Trinajstić information content (AvgIpc) is 3.33.